The smallest absolute Gasteiger partial charge is 0.488 e. The molecule has 6 heteroatoms. The Morgan fingerprint density at radius 3 is 2.35 bits per heavy atom. The second-order valence-electron chi connectivity index (χ2n) is 5.49. The number of hydrogen-bond acceptors (Lipinski definition) is 2. The zero-order valence-electron chi connectivity index (χ0n) is 13.5. The molecule has 0 aliphatic rings. The van der Waals surface area contributed by atoms with Crippen molar-refractivity contribution < 1.29 is 22.6 Å². The van der Waals surface area contributed by atoms with Crippen molar-refractivity contribution in [2.75, 3.05) is 0 Å². The van der Waals surface area contributed by atoms with Gasteiger partial charge in [0.15, 0.2) is 0 Å². The average Bonchev–Trinajstić information content (AvgIpc) is 2.60. The summed E-state index contributed by atoms with van der Waals surface area (Å²) in [6.45, 7) is 0.355. The topological polar surface area (TPSA) is 18.5 Å². The lowest BCUT2D eigenvalue weighted by atomic mass is 10.0. The normalized spacial score (nSPS) is 11.2. The van der Waals surface area contributed by atoms with Crippen LogP contribution >= 0.6 is 15.9 Å². The van der Waals surface area contributed by atoms with Crippen LogP contribution in [-0.2, 0) is 6.61 Å². The summed E-state index contributed by atoms with van der Waals surface area (Å²) in [5, 5.41) is 0. The maximum Gasteiger partial charge on any atom is 0.573 e. The first-order chi connectivity index (χ1) is 12.4. The van der Waals surface area contributed by atoms with Gasteiger partial charge in [0.05, 0.1) is 0 Å². The summed E-state index contributed by atoms with van der Waals surface area (Å²) in [6.07, 6.45) is -4.73. The molecule has 134 valence electrons. The molecular formula is C20H14BrF3O2. The van der Waals surface area contributed by atoms with Crippen molar-refractivity contribution in [1.29, 1.82) is 0 Å². The summed E-state index contributed by atoms with van der Waals surface area (Å²) in [6, 6.07) is 20.8. The highest BCUT2D eigenvalue weighted by atomic mass is 79.9. The van der Waals surface area contributed by atoms with Crippen LogP contribution in [0.1, 0.15) is 5.56 Å². The van der Waals surface area contributed by atoms with E-state index in [0.717, 1.165) is 10.0 Å². The molecule has 0 atom stereocenters. The van der Waals surface area contributed by atoms with Crippen LogP contribution < -0.4 is 9.47 Å². The van der Waals surface area contributed by atoms with E-state index in [4.69, 9.17) is 4.74 Å². The lowest BCUT2D eigenvalue weighted by Crippen LogP contribution is -2.17. The molecule has 2 nitrogen and oxygen atoms in total. The summed E-state index contributed by atoms with van der Waals surface area (Å²) in [5.41, 5.74) is 2.23. The Labute approximate surface area is 157 Å². The minimum atomic E-state index is -4.73. The van der Waals surface area contributed by atoms with Crippen molar-refractivity contribution >= 4 is 15.9 Å². The van der Waals surface area contributed by atoms with Crippen molar-refractivity contribution in [3.63, 3.8) is 0 Å². The van der Waals surface area contributed by atoms with E-state index in [1.807, 2.05) is 36.4 Å². The lowest BCUT2D eigenvalue weighted by molar-refractivity contribution is -0.274. The molecule has 0 radical (unpaired) electrons. The maximum absolute atomic E-state index is 12.5. The molecule has 3 rings (SSSR count). The van der Waals surface area contributed by atoms with E-state index in [9.17, 15) is 13.2 Å². The van der Waals surface area contributed by atoms with Crippen LogP contribution in [-0.4, -0.2) is 6.36 Å². The van der Waals surface area contributed by atoms with E-state index < -0.39 is 6.36 Å². The summed E-state index contributed by atoms with van der Waals surface area (Å²) in [4.78, 5) is 0. The summed E-state index contributed by atoms with van der Waals surface area (Å²) >= 11 is 3.39. The quantitative estimate of drug-likeness (QED) is 0.461. The van der Waals surface area contributed by atoms with Crippen LogP contribution in [0.5, 0.6) is 11.5 Å². The number of halogens is 4. The number of ether oxygens (including phenoxy) is 2. The fraction of sp³-hybridized carbons (Fsp3) is 0.100. The minimum absolute atomic E-state index is 0.274. The van der Waals surface area contributed by atoms with Crippen molar-refractivity contribution in [3.8, 4) is 22.6 Å². The molecule has 0 amide bonds. The van der Waals surface area contributed by atoms with Gasteiger partial charge in [-0.15, -0.1) is 13.2 Å². The molecule has 0 aliphatic heterocycles. The van der Waals surface area contributed by atoms with Crippen LogP contribution in [0.25, 0.3) is 11.1 Å². The van der Waals surface area contributed by atoms with Gasteiger partial charge < -0.3 is 9.47 Å². The zero-order valence-corrected chi connectivity index (χ0v) is 15.0. The van der Waals surface area contributed by atoms with E-state index >= 15 is 0 Å². The third-order valence-corrected chi connectivity index (χ3v) is 4.05. The van der Waals surface area contributed by atoms with Gasteiger partial charge in [0.1, 0.15) is 18.1 Å². The highest BCUT2D eigenvalue weighted by Gasteiger charge is 2.31. The van der Waals surface area contributed by atoms with Gasteiger partial charge in [-0.1, -0.05) is 58.4 Å². The first-order valence-electron chi connectivity index (χ1n) is 7.73. The molecule has 0 saturated carbocycles. The first kappa shape index (κ1) is 18.3. The van der Waals surface area contributed by atoms with E-state index in [2.05, 4.69) is 20.7 Å². The Morgan fingerprint density at radius 2 is 1.62 bits per heavy atom. The molecule has 0 heterocycles. The van der Waals surface area contributed by atoms with E-state index in [1.165, 1.54) is 18.2 Å². The molecule has 0 bridgehead atoms. The van der Waals surface area contributed by atoms with Crippen molar-refractivity contribution in [2.24, 2.45) is 0 Å². The fourth-order valence-electron chi connectivity index (χ4n) is 2.45. The molecule has 3 aromatic rings. The van der Waals surface area contributed by atoms with Gasteiger partial charge in [-0.3, -0.25) is 0 Å². The van der Waals surface area contributed by atoms with Gasteiger partial charge in [-0.05, 0) is 41.5 Å². The van der Waals surface area contributed by atoms with Crippen LogP contribution in [0, 0.1) is 0 Å². The van der Waals surface area contributed by atoms with Crippen LogP contribution in [0.4, 0.5) is 13.2 Å². The highest BCUT2D eigenvalue weighted by Crippen LogP contribution is 2.35. The standard InChI is InChI=1S/C20H14BrF3O2/c21-16-9-10-19(25-13-14-5-2-1-3-6-14)18(12-16)15-7-4-8-17(11-15)26-20(22,23)24/h1-12H,13H2. The monoisotopic (exact) mass is 422 g/mol. The van der Waals surface area contributed by atoms with Crippen LogP contribution in [0.3, 0.4) is 0 Å². The van der Waals surface area contributed by atoms with Gasteiger partial charge in [0.25, 0.3) is 0 Å². The van der Waals surface area contributed by atoms with Gasteiger partial charge in [0.2, 0.25) is 0 Å². The Kier molecular flexibility index (Phi) is 5.52. The summed E-state index contributed by atoms with van der Waals surface area (Å²) in [5.74, 6) is 0.296. The average molecular weight is 423 g/mol. The number of hydrogen-bond donors (Lipinski definition) is 0. The van der Waals surface area contributed by atoms with Crippen molar-refractivity contribution in [1.82, 2.24) is 0 Å². The molecule has 3 aromatic carbocycles. The highest BCUT2D eigenvalue weighted by molar-refractivity contribution is 9.10. The molecule has 26 heavy (non-hydrogen) atoms. The SMILES string of the molecule is FC(F)(F)Oc1cccc(-c2cc(Br)ccc2OCc2ccccc2)c1. The van der Waals surface area contributed by atoms with Gasteiger partial charge >= 0.3 is 6.36 Å². The van der Waals surface area contributed by atoms with Gasteiger partial charge in [0, 0.05) is 10.0 Å². The summed E-state index contributed by atoms with van der Waals surface area (Å²) < 4.78 is 48.1. The van der Waals surface area contributed by atoms with E-state index in [1.54, 1.807) is 18.2 Å². The number of rotatable bonds is 5. The Balaban J connectivity index is 1.89. The molecule has 0 N–H and O–H groups in total. The molecule has 0 unspecified atom stereocenters. The molecule has 0 saturated heterocycles. The lowest BCUT2D eigenvalue weighted by Gasteiger charge is -2.14. The molecular weight excluding hydrogens is 409 g/mol. The largest absolute Gasteiger partial charge is 0.573 e. The third kappa shape index (κ3) is 5.02. The Bertz CT molecular complexity index is 880. The second kappa shape index (κ2) is 7.83. The van der Waals surface area contributed by atoms with E-state index in [-0.39, 0.29) is 5.75 Å². The minimum Gasteiger partial charge on any atom is -0.488 e. The van der Waals surface area contributed by atoms with Crippen LogP contribution in [0.15, 0.2) is 77.3 Å². The first-order valence-corrected chi connectivity index (χ1v) is 8.52. The predicted molar refractivity (Wildman–Crippen MR) is 97.0 cm³/mol. The predicted octanol–water partition coefficient (Wildman–Crippen LogP) is 6.59. The summed E-state index contributed by atoms with van der Waals surface area (Å²) in [7, 11) is 0. The molecule has 0 aliphatic carbocycles. The van der Waals surface area contributed by atoms with Crippen molar-refractivity contribution in [2.45, 2.75) is 13.0 Å². The Hall–Kier alpha value is -2.47. The molecule has 0 fully saturated rings. The van der Waals surface area contributed by atoms with Gasteiger partial charge in [-0.2, -0.15) is 0 Å². The van der Waals surface area contributed by atoms with Crippen molar-refractivity contribution in [3.05, 3.63) is 82.8 Å². The second-order valence-corrected chi connectivity index (χ2v) is 6.41. The van der Waals surface area contributed by atoms with Crippen LogP contribution in [0.2, 0.25) is 0 Å². The van der Waals surface area contributed by atoms with E-state index in [0.29, 0.717) is 23.5 Å². The number of benzene rings is 3. The number of alkyl halides is 3. The molecule has 0 spiro atoms. The third-order valence-electron chi connectivity index (χ3n) is 3.56. The van der Waals surface area contributed by atoms with Gasteiger partial charge in [-0.25, -0.2) is 0 Å². The molecule has 0 aromatic heterocycles. The maximum atomic E-state index is 12.5. The Morgan fingerprint density at radius 1 is 0.846 bits per heavy atom. The fourth-order valence-corrected chi connectivity index (χ4v) is 2.81. The zero-order chi connectivity index (χ0) is 18.6.